The molecule has 1 saturated heterocycles. The standard InChI is InChI=1S/C20H27N3O2/c24-17-12-18(16-9-5-2-6-10-16)23(13-17)14-20-22-21-19(25-20)11-15-7-3-1-4-8-15/h1,3-4,7-8,16-18,24H,2,5-6,9-14H2/t17-,18-/m0/s1. The lowest BCUT2D eigenvalue weighted by Crippen LogP contribution is -2.36. The Balaban J connectivity index is 1.40. The van der Waals surface area contributed by atoms with Crippen molar-refractivity contribution in [3.63, 3.8) is 0 Å². The summed E-state index contributed by atoms with van der Waals surface area (Å²) in [6.07, 6.45) is 7.92. The van der Waals surface area contributed by atoms with Crippen molar-refractivity contribution in [2.75, 3.05) is 6.54 Å². The van der Waals surface area contributed by atoms with Crippen LogP contribution in [0.1, 0.15) is 55.9 Å². The van der Waals surface area contributed by atoms with Crippen molar-refractivity contribution >= 4 is 0 Å². The Hall–Kier alpha value is -1.72. The molecule has 0 bridgehead atoms. The minimum Gasteiger partial charge on any atom is -0.424 e. The van der Waals surface area contributed by atoms with E-state index in [1.165, 1.54) is 37.7 Å². The topological polar surface area (TPSA) is 62.4 Å². The van der Waals surface area contributed by atoms with Crippen molar-refractivity contribution in [2.24, 2.45) is 5.92 Å². The van der Waals surface area contributed by atoms with Gasteiger partial charge in [-0.05, 0) is 30.7 Å². The molecule has 1 aromatic heterocycles. The first-order chi connectivity index (χ1) is 12.3. The molecular formula is C20H27N3O2. The van der Waals surface area contributed by atoms with E-state index in [0.29, 0.717) is 36.7 Å². The minimum atomic E-state index is -0.223. The Bertz CT molecular complexity index is 667. The first kappa shape index (κ1) is 16.7. The zero-order valence-corrected chi connectivity index (χ0v) is 14.7. The smallest absolute Gasteiger partial charge is 0.230 e. The lowest BCUT2D eigenvalue weighted by Gasteiger charge is -2.33. The maximum atomic E-state index is 10.2. The number of likely N-dealkylation sites (tertiary alicyclic amines) is 1. The van der Waals surface area contributed by atoms with Crippen LogP contribution in [0.2, 0.25) is 0 Å². The highest BCUT2D eigenvalue weighted by molar-refractivity contribution is 5.17. The summed E-state index contributed by atoms with van der Waals surface area (Å²) in [6.45, 7) is 1.37. The number of nitrogens with zero attached hydrogens (tertiary/aromatic N) is 3. The van der Waals surface area contributed by atoms with Crippen molar-refractivity contribution in [3.8, 4) is 0 Å². The maximum absolute atomic E-state index is 10.2. The quantitative estimate of drug-likeness (QED) is 0.905. The fourth-order valence-electron chi connectivity index (χ4n) is 4.47. The molecule has 5 heteroatoms. The fourth-order valence-corrected chi connectivity index (χ4v) is 4.47. The van der Waals surface area contributed by atoms with E-state index in [0.717, 1.165) is 13.0 Å². The second kappa shape index (κ2) is 7.67. The van der Waals surface area contributed by atoms with Gasteiger partial charge in [0.05, 0.1) is 19.1 Å². The Morgan fingerprint density at radius 1 is 1.04 bits per heavy atom. The molecule has 0 spiro atoms. The molecule has 0 amide bonds. The van der Waals surface area contributed by atoms with Gasteiger partial charge < -0.3 is 9.52 Å². The summed E-state index contributed by atoms with van der Waals surface area (Å²) < 4.78 is 5.87. The van der Waals surface area contributed by atoms with Gasteiger partial charge in [-0.25, -0.2) is 0 Å². The van der Waals surface area contributed by atoms with Gasteiger partial charge in [-0.2, -0.15) is 0 Å². The molecular weight excluding hydrogens is 314 g/mol. The SMILES string of the molecule is O[C@H]1C[C@@H](C2CCCCC2)N(Cc2nnc(Cc3ccccc3)o2)C1. The molecule has 1 aliphatic heterocycles. The molecule has 1 aliphatic carbocycles. The second-order valence-corrected chi connectivity index (χ2v) is 7.54. The average Bonchev–Trinajstić information content (AvgIpc) is 3.23. The van der Waals surface area contributed by atoms with Crippen molar-refractivity contribution in [1.29, 1.82) is 0 Å². The largest absolute Gasteiger partial charge is 0.424 e. The monoisotopic (exact) mass is 341 g/mol. The van der Waals surface area contributed by atoms with Gasteiger partial charge in [0, 0.05) is 12.6 Å². The third-order valence-corrected chi connectivity index (χ3v) is 5.67. The second-order valence-electron chi connectivity index (χ2n) is 7.54. The van der Waals surface area contributed by atoms with E-state index in [-0.39, 0.29) is 6.10 Å². The number of β-amino-alcohol motifs (C(OH)–C–C–N with tert-alkyl or cyclic N) is 1. The van der Waals surface area contributed by atoms with E-state index in [9.17, 15) is 5.11 Å². The number of aliphatic hydroxyl groups is 1. The number of hydrogen-bond acceptors (Lipinski definition) is 5. The van der Waals surface area contributed by atoms with Gasteiger partial charge in [-0.3, -0.25) is 4.90 Å². The molecule has 1 saturated carbocycles. The summed E-state index contributed by atoms with van der Waals surface area (Å²) >= 11 is 0. The van der Waals surface area contributed by atoms with E-state index in [1.54, 1.807) is 0 Å². The Morgan fingerprint density at radius 2 is 1.80 bits per heavy atom. The van der Waals surface area contributed by atoms with Crippen LogP contribution < -0.4 is 0 Å². The molecule has 0 radical (unpaired) electrons. The van der Waals surface area contributed by atoms with Gasteiger partial charge in [0.25, 0.3) is 0 Å². The third kappa shape index (κ3) is 4.10. The molecule has 2 atom stereocenters. The summed E-state index contributed by atoms with van der Waals surface area (Å²) in [6, 6.07) is 10.6. The van der Waals surface area contributed by atoms with Gasteiger partial charge in [0.1, 0.15) is 0 Å². The fraction of sp³-hybridized carbons (Fsp3) is 0.600. The van der Waals surface area contributed by atoms with Crippen molar-refractivity contribution < 1.29 is 9.52 Å². The van der Waals surface area contributed by atoms with Crippen LogP contribution in [0.5, 0.6) is 0 Å². The van der Waals surface area contributed by atoms with Crippen LogP contribution in [0.25, 0.3) is 0 Å². The number of rotatable bonds is 5. The van der Waals surface area contributed by atoms with Gasteiger partial charge in [-0.1, -0.05) is 49.6 Å². The number of aromatic nitrogens is 2. The molecule has 0 unspecified atom stereocenters. The molecule has 5 nitrogen and oxygen atoms in total. The van der Waals surface area contributed by atoms with Crippen LogP contribution in [-0.2, 0) is 13.0 Å². The van der Waals surface area contributed by atoms with Crippen molar-refractivity contribution in [1.82, 2.24) is 15.1 Å². The first-order valence-electron chi connectivity index (χ1n) is 9.55. The first-order valence-corrected chi connectivity index (χ1v) is 9.55. The Labute approximate surface area is 149 Å². The van der Waals surface area contributed by atoms with Gasteiger partial charge >= 0.3 is 0 Å². The third-order valence-electron chi connectivity index (χ3n) is 5.67. The molecule has 134 valence electrons. The van der Waals surface area contributed by atoms with Crippen molar-refractivity contribution in [2.45, 2.75) is 63.6 Å². The Kier molecular flexibility index (Phi) is 5.13. The summed E-state index contributed by atoms with van der Waals surface area (Å²) in [5.74, 6) is 2.04. The van der Waals surface area contributed by atoms with E-state index < -0.39 is 0 Å². The molecule has 2 aliphatic rings. The zero-order valence-electron chi connectivity index (χ0n) is 14.7. The van der Waals surface area contributed by atoms with Crippen LogP contribution >= 0.6 is 0 Å². The molecule has 2 aromatic rings. The average molecular weight is 341 g/mol. The lowest BCUT2D eigenvalue weighted by molar-refractivity contribution is 0.136. The predicted octanol–water partition coefficient (Wildman–Crippen LogP) is 3.18. The predicted molar refractivity (Wildman–Crippen MR) is 94.9 cm³/mol. The van der Waals surface area contributed by atoms with Crippen molar-refractivity contribution in [3.05, 3.63) is 47.7 Å². The summed E-state index contributed by atoms with van der Waals surface area (Å²) in [5, 5.41) is 18.6. The zero-order chi connectivity index (χ0) is 17.1. The van der Waals surface area contributed by atoms with Crippen LogP contribution in [0.4, 0.5) is 0 Å². The van der Waals surface area contributed by atoms with Gasteiger partial charge in [-0.15, -0.1) is 10.2 Å². The summed E-state index contributed by atoms with van der Waals surface area (Å²) in [7, 11) is 0. The van der Waals surface area contributed by atoms with E-state index in [1.807, 2.05) is 18.2 Å². The number of hydrogen-bond donors (Lipinski definition) is 1. The molecule has 1 aromatic carbocycles. The molecule has 2 heterocycles. The van der Waals surface area contributed by atoms with Gasteiger partial charge in [0.15, 0.2) is 0 Å². The molecule has 1 N–H and O–H groups in total. The highest BCUT2D eigenvalue weighted by atomic mass is 16.4. The van der Waals surface area contributed by atoms with E-state index in [4.69, 9.17) is 4.42 Å². The normalized spacial score (nSPS) is 25.5. The van der Waals surface area contributed by atoms with Crippen LogP contribution in [0.3, 0.4) is 0 Å². The maximum Gasteiger partial charge on any atom is 0.230 e. The van der Waals surface area contributed by atoms with E-state index in [2.05, 4.69) is 27.2 Å². The molecule has 4 rings (SSSR count). The number of aliphatic hydroxyl groups excluding tert-OH is 1. The van der Waals surface area contributed by atoms with Crippen LogP contribution in [0, 0.1) is 5.92 Å². The Morgan fingerprint density at radius 3 is 2.60 bits per heavy atom. The van der Waals surface area contributed by atoms with Gasteiger partial charge in [0.2, 0.25) is 11.8 Å². The highest BCUT2D eigenvalue weighted by Gasteiger charge is 2.37. The summed E-state index contributed by atoms with van der Waals surface area (Å²) in [4.78, 5) is 2.36. The highest BCUT2D eigenvalue weighted by Crippen LogP contribution is 2.35. The van der Waals surface area contributed by atoms with E-state index >= 15 is 0 Å². The molecule has 2 fully saturated rings. The minimum absolute atomic E-state index is 0.223. The molecule has 25 heavy (non-hydrogen) atoms. The van der Waals surface area contributed by atoms with Crippen LogP contribution in [0.15, 0.2) is 34.7 Å². The summed E-state index contributed by atoms with van der Waals surface area (Å²) in [5.41, 5.74) is 1.18. The van der Waals surface area contributed by atoms with Crippen LogP contribution in [-0.4, -0.2) is 38.9 Å². The lowest BCUT2D eigenvalue weighted by atomic mass is 9.83. The number of benzene rings is 1.